The zero-order chi connectivity index (χ0) is 13.0. The van der Waals surface area contributed by atoms with E-state index in [0.29, 0.717) is 18.3 Å². The first-order chi connectivity index (χ1) is 8.69. The van der Waals surface area contributed by atoms with Gasteiger partial charge in [0.25, 0.3) is 0 Å². The Bertz CT molecular complexity index is 408. The number of hydrazine groups is 1. The average molecular weight is 316 g/mol. The van der Waals surface area contributed by atoms with Crippen molar-refractivity contribution in [2.45, 2.75) is 25.7 Å². The second-order valence-electron chi connectivity index (χ2n) is 4.75. The van der Waals surface area contributed by atoms with Gasteiger partial charge in [0.05, 0.1) is 11.1 Å². The fourth-order valence-corrected chi connectivity index (χ4v) is 2.68. The third kappa shape index (κ3) is 2.90. The molecule has 0 unspecified atom stereocenters. The molecule has 1 aromatic rings. The van der Waals surface area contributed by atoms with E-state index in [2.05, 4.69) is 36.6 Å². The molecule has 1 aliphatic rings. The van der Waals surface area contributed by atoms with Crippen molar-refractivity contribution in [1.29, 1.82) is 0 Å². The summed E-state index contributed by atoms with van der Waals surface area (Å²) in [5.74, 6) is 6.34. The van der Waals surface area contributed by atoms with Crippen LogP contribution < -0.4 is 16.6 Å². The molecule has 18 heavy (non-hydrogen) atoms. The molecule has 5 N–H and O–H groups in total. The number of hydrogen-bond acceptors (Lipinski definition) is 6. The molecule has 1 aliphatic carbocycles. The zero-order valence-electron chi connectivity index (χ0n) is 10.1. The van der Waals surface area contributed by atoms with Gasteiger partial charge in [-0.3, -0.25) is 5.43 Å². The summed E-state index contributed by atoms with van der Waals surface area (Å²) in [6.07, 6.45) is 6.12. The van der Waals surface area contributed by atoms with Crippen LogP contribution in [0.25, 0.3) is 0 Å². The summed E-state index contributed by atoms with van der Waals surface area (Å²) < 4.78 is 0.785. The number of rotatable bonds is 5. The monoisotopic (exact) mass is 315 g/mol. The van der Waals surface area contributed by atoms with E-state index in [1.807, 2.05) is 0 Å². The van der Waals surface area contributed by atoms with Crippen molar-refractivity contribution in [1.82, 2.24) is 9.97 Å². The first kappa shape index (κ1) is 13.5. The normalized spacial score (nSPS) is 17.7. The quantitative estimate of drug-likeness (QED) is 0.485. The van der Waals surface area contributed by atoms with E-state index in [1.54, 1.807) is 6.20 Å². The third-order valence-electron chi connectivity index (χ3n) is 3.50. The van der Waals surface area contributed by atoms with E-state index >= 15 is 0 Å². The molecule has 0 bridgehead atoms. The number of nitrogens with zero attached hydrogens (tertiary/aromatic N) is 2. The van der Waals surface area contributed by atoms with Gasteiger partial charge in [0.2, 0.25) is 5.95 Å². The molecule has 6 nitrogen and oxygen atoms in total. The van der Waals surface area contributed by atoms with Gasteiger partial charge in [0.1, 0.15) is 5.82 Å². The van der Waals surface area contributed by atoms with Crippen LogP contribution in [0.1, 0.15) is 25.7 Å². The van der Waals surface area contributed by atoms with Crippen LogP contribution in [0, 0.1) is 5.41 Å². The Hall–Kier alpha value is -0.920. The van der Waals surface area contributed by atoms with Gasteiger partial charge >= 0.3 is 0 Å². The molecule has 100 valence electrons. The van der Waals surface area contributed by atoms with Crippen LogP contribution in [0.5, 0.6) is 0 Å². The highest BCUT2D eigenvalue weighted by molar-refractivity contribution is 9.10. The second-order valence-corrected chi connectivity index (χ2v) is 5.61. The Balaban J connectivity index is 2.05. The fraction of sp³-hybridized carbons (Fsp3) is 0.636. The topological polar surface area (TPSA) is 96.1 Å². The van der Waals surface area contributed by atoms with E-state index < -0.39 is 0 Å². The van der Waals surface area contributed by atoms with Crippen molar-refractivity contribution < 1.29 is 5.11 Å². The molecule has 1 aromatic heterocycles. The number of halogens is 1. The molecule has 0 saturated heterocycles. The summed E-state index contributed by atoms with van der Waals surface area (Å²) in [7, 11) is 0. The molecule has 0 spiro atoms. The van der Waals surface area contributed by atoms with Crippen LogP contribution in [0.3, 0.4) is 0 Å². The Labute approximate surface area is 114 Å². The highest BCUT2D eigenvalue weighted by Crippen LogP contribution is 2.38. The maximum Gasteiger partial charge on any atom is 0.239 e. The molecule has 0 radical (unpaired) electrons. The van der Waals surface area contributed by atoms with Gasteiger partial charge < -0.3 is 10.4 Å². The minimum Gasteiger partial charge on any atom is -0.396 e. The molecule has 7 heteroatoms. The second kappa shape index (κ2) is 5.81. The van der Waals surface area contributed by atoms with Crippen LogP contribution >= 0.6 is 15.9 Å². The Kier molecular flexibility index (Phi) is 4.36. The Morgan fingerprint density at radius 1 is 1.44 bits per heavy atom. The number of aliphatic hydroxyl groups is 1. The SMILES string of the molecule is NNc1ncc(Br)c(NCC2(CO)CCCC2)n1. The summed E-state index contributed by atoms with van der Waals surface area (Å²) in [5.41, 5.74) is 2.40. The predicted molar refractivity (Wildman–Crippen MR) is 74.0 cm³/mol. The number of aliphatic hydroxyl groups excluding tert-OH is 1. The van der Waals surface area contributed by atoms with Crippen LogP contribution in [0.15, 0.2) is 10.7 Å². The van der Waals surface area contributed by atoms with Crippen LogP contribution in [-0.2, 0) is 0 Å². The first-order valence-corrected chi connectivity index (χ1v) is 6.82. The Morgan fingerprint density at radius 3 is 2.78 bits per heavy atom. The number of nitrogen functional groups attached to an aromatic ring is 1. The average Bonchev–Trinajstić information content (AvgIpc) is 2.87. The molecular formula is C11H18BrN5O. The molecule has 0 aliphatic heterocycles. The summed E-state index contributed by atoms with van der Waals surface area (Å²) >= 11 is 3.39. The lowest BCUT2D eigenvalue weighted by Gasteiger charge is -2.27. The van der Waals surface area contributed by atoms with Crippen molar-refractivity contribution >= 4 is 27.7 Å². The van der Waals surface area contributed by atoms with Crippen molar-refractivity contribution in [3.63, 3.8) is 0 Å². The van der Waals surface area contributed by atoms with Crippen molar-refractivity contribution in [2.24, 2.45) is 11.3 Å². The van der Waals surface area contributed by atoms with Crippen molar-refractivity contribution in [3.05, 3.63) is 10.7 Å². The minimum atomic E-state index is -0.0132. The van der Waals surface area contributed by atoms with Gasteiger partial charge in [-0.2, -0.15) is 4.98 Å². The lowest BCUT2D eigenvalue weighted by atomic mass is 9.87. The first-order valence-electron chi connectivity index (χ1n) is 6.03. The summed E-state index contributed by atoms with van der Waals surface area (Å²) in [5, 5.41) is 12.8. The lowest BCUT2D eigenvalue weighted by Crippen LogP contribution is -2.31. The largest absolute Gasteiger partial charge is 0.396 e. The van der Waals surface area contributed by atoms with E-state index in [4.69, 9.17) is 5.84 Å². The third-order valence-corrected chi connectivity index (χ3v) is 4.08. The van der Waals surface area contributed by atoms with Gasteiger partial charge in [-0.15, -0.1) is 0 Å². The van der Waals surface area contributed by atoms with Crippen molar-refractivity contribution in [2.75, 3.05) is 23.9 Å². The molecule has 2 rings (SSSR count). The Morgan fingerprint density at radius 2 is 2.17 bits per heavy atom. The van der Waals surface area contributed by atoms with E-state index in [9.17, 15) is 5.11 Å². The molecule has 1 saturated carbocycles. The number of nitrogens with one attached hydrogen (secondary N) is 2. The van der Waals surface area contributed by atoms with Crippen molar-refractivity contribution in [3.8, 4) is 0 Å². The predicted octanol–water partition coefficient (Wildman–Crippen LogP) is 1.49. The standard InChI is InChI=1S/C11H18BrN5O/c12-8-5-14-10(17-13)16-9(8)15-6-11(7-18)3-1-2-4-11/h5,18H,1-4,6-7,13H2,(H2,14,15,16,17). The van der Waals surface area contributed by atoms with Crippen LogP contribution in [-0.4, -0.2) is 28.2 Å². The molecule has 1 heterocycles. The van der Waals surface area contributed by atoms with Gasteiger partial charge in [0, 0.05) is 18.2 Å². The van der Waals surface area contributed by atoms with E-state index in [-0.39, 0.29) is 12.0 Å². The van der Waals surface area contributed by atoms with Gasteiger partial charge in [-0.1, -0.05) is 12.8 Å². The molecule has 0 amide bonds. The van der Waals surface area contributed by atoms with Gasteiger partial charge in [-0.05, 0) is 28.8 Å². The molecule has 1 fully saturated rings. The van der Waals surface area contributed by atoms with Gasteiger partial charge in [-0.25, -0.2) is 10.8 Å². The van der Waals surface area contributed by atoms with E-state index in [0.717, 1.165) is 17.3 Å². The maximum atomic E-state index is 9.55. The van der Waals surface area contributed by atoms with Crippen LogP contribution in [0.2, 0.25) is 0 Å². The zero-order valence-corrected chi connectivity index (χ0v) is 11.7. The number of nitrogens with two attached hydrogens (primary N) is 1. The van der Waals surface area contributed by atoms with E-state index in [1.165, 1.54) is 12.8 Å². The van der Waals surface area contributed by atoms with Crippen LogP contribution in [0.4, 0.5) is 11.8 Å². The summed E-state index contributed by atoms with van der Waals surface area (Å²) in [6.45, 7) is 0.924. The minimum absolute atomic E-state index is 0.0132. The highest BCUT2D eigenvalue weighted by atomic mass is 79.9. The fourth-order valence-electron chi connectivity index (χ4n) is 2.35. The number of hydrogen-bond donors (Lipinski definition) is 4. The highest BCUT2D eigenvalue weighted by Gasteiger charge is 2.33. The number of aromatic nitrogens is 2. The lowest BCUT2D eigenvalue weighted by molar-refractivity contribution is 0.142. The van der Waals surface area contributed by atoms with Gasteiger partial charge in [0.15, 0.2) is 0 Å². The number of anilines is 2. The smallest absolute Gasteiger partial charge is 0.239 e. The molecule has 0 aromatic carbocycles. The molecule has 0 atom stereocenters. The summed E-state index contributed by atoms with van der Waals surface area (Å²) in [4.78, 5) is 8.22. The maximum absolute atomic E-state index is 9.55. The summed E-state index contributed by atoms with van der Waals surface area (Å²) in [6, 6.07) is 0. The molecular weight excluding hydrogens is 298 g/mol.